The molecule has 0 aliphatic heterocycles. The topological polar surface area (TPSA) is 63.2 Å². The lowest BCUT2D eigenvalue weighted by molar-refractivity contribution is 0.0980. The molecule has 1 fully saturated rings. The number of carbonyl (C=O) groups is 1. The van der Waals surface area contributed by atoms with E-state index in [1.165, 1.54) is 18.2 Å². The van der Waals surface area contributed by atoms with Crippen LogP contribution in [0.5, 0.6) is 0 Å². The first kappa shape index (κ1) is 13.6. The van der Waals surface area contributed by atoms with Crippen molar-refractivity contribution in [1.29, 1.82) is 0 Å². The van der Waals surface area contributed by atoms with Crippen LogP contribution in [0.3, 0.4) is 0 Å². The highest BCUT2D eigenvalue weighted by atomic mass is 35.5. The van der Waals surface area contributed by atoms with Crippen molar-refractivity contribution in [3.05, 3.63) is 33.8 Å². The van der Waals surface area contributed by atoms with Crippen LogP contribution in [0.4, 0.5) is 0 Å². The summed E-state index contributed by atoms with van der Waals surface area (Å²) < 4.78 is 25.6. The number of nitrogens with one attached hydrogen (secondary N) is 1. The Labute approximate surface area is 115 Å². The van der Waals surface area contributed by atoms with Crippen molar-refractivity contribution in [3.8, 4) is 0 Å². The van der Waals surface area contributed by atoms with Gasteiger partial charge in [0.2, 0.25) is 10.0 Å². The molecular weight excluding hydrogens is 297 g/mol. The molecule has 1 aromatic carbocycles. The minimum Gasteiger partial charge on any atom is -0.268 e. The van der Waals surface area contributed by atoms with E-state index < -0.39 is 21.2 Å². The summed E-state index contributed by atoms with van der Waals surface area (Å²) in [6, 6.07) is 4.22. The summed E-state index contributed by atoms with van der Waals surface area (Å²) in [5.74, 6) is -0.702. The van der Waals surface area contributed by atoms with Crippen molar-refractivity contribution in [2.45, 2.75) is 24.5 Å². The number of hydrogen-bond donors (Lipinski definition) is 1. The Hall–Kier alpha value is -0.780. The molecule has 4 nitrogen and oxygen atoms in total. The van der Waals surface area contributed by atoms with Gasteiger partial charge >= 0.3 is 0 Å². The largest absolute Gasteiger partial charge is 0.268 e. The molecule has 0 spiro atoms. The van der Waals surface area contributed by atoms with Crippen molar-refractivity contribution >= 4 is 39.1 Å². The monoisotopic (exact) mass is 307 g/mol. The van der Waals surface area contributed by atoms with Crippen molar-refractivity contribution < 1.29 is 13.2 Å². The fourth-order valence-corrected chi connectivity index (χ4v) is 3.66. The van der Waals surface area contributed by atoms with E-state index in [1.54, 1.807) is 0 Å². The van der Waals surface area contributed by atoms with Gasteiger partial charge in [-0.25, -0.2) is 13.1 Å². The van der Waals surface area contributed by atoms with Crippen LogP contribution in [0.1, 0.15) is 29.6 Å². The number of hydrogen-bond acceptors (Lipinski definition) is 3. The van der Waals surface area contributed by atoms with Crippen LogP contribution in [-0.4, -0.2) is 19.6 Å². The zero-order valence-corrected chi connectivity index (χ0v) is 11.6. The van der Waals surface area contributed by atoms with Gasteiger partial charge in [-0.3, -0.25) is 4.79 Å². The number of amides is 1. The van der Waals surface area contributed by atoms with E-state index in [4.69, 9.17) is 23.2 Å². The normalized spacial score (nSPS) is 16.1. The van der Waals surface area contributed by atoms with Crippen LogP contribution in [0.25, 0.3) is 0 Å². The second-order valence-corrected chi connectivity index (χ2v) is 7.02. The Kier molecular flexibility index (Phi) is 3.84. The average Bonchev–Trinajstić information content (AvgIpc) is 2.10. The summed E-state index contributed by atoms with van der Waals surface area (Å²) in [6.07, 6.45) is 2.07. The van der Waals surface area contributed by atoms with Crippen LogP contribution in [0.2, 0.25) is 10.0 Å². The quantitative estimate of drug-likeness (QED) is 0.933. The van der Waals surface area contributed by atoms with Crippen molar-refractivity contribution in [3.63, 3.8) is 0 Å². The fraction of sp³-hybridized carbons (Fsp3) is 0.364. The lowest BCUT2D eigenvalue weighted by atomic mass is 10.0. The lowest BCUT2D eigenvalue weighted by Gasteiger charge is -2.25. The number of halogens is 2. The first-order valence-electron chi connectivity index (χ1n) is 5.40. The predicted octanol–water partition coefficient (Wildman–Crippen LogP) is 2.61. The van der Waals surface area contributed by atoms with Gasteiger partial charge in [0, 0.05) is 15.6 Å². The SMILES string of the molecule is O=C(NS(=O)(=O)C1CCC1)c1cc(Cl)cc(Cl)c1. The molecule has 18 heavy (non-hydrogen) atoms. The Morgan fingerprint density at radius 1 is 1.17 bits per heavy atom. The second-order valence-electron chi connectivity index (χ2n) is 4.19. The molecule has 1 amide bonds. The standard InChI is InChI=1S/C11H11Cl2NO3S/c12-8-4-7(5-9(13)6-8)11(15)14-18(16,17)10-2-1-3-10/h4-6,10H,1-3H2,(H,14,15). The highest BCUT2D eigenvalue weighted by Crippen LogP contribution is 2.26. The number of carbonyl (C=O) groups excluding carboxylic acids is 1. The third-order valence-electron chi connectivity index (χ3n) is 2.85. The highest BCUT2D eigenvalue weighted by Gasteiger charge is 2.32. The summed E-state index contributed by atoms with van der Waals surface area (Å²) in [4.78, 5) is 11.8. The molecule has 98 valence electrons. The highest BCUT2D eigenvalue weighted by molar-refractivity contribution is 7.90. The van der Waals surface area contributed by atoms with Gasteiger partial charge in [0.1, 0.15) is 0 Å². The predicted molar refractivity (Wildman–Crippen MR) is 70.5 cm³/mol. The van der Waals surface area contributed by atoms with E-state index in [0.717, 1.165) is 6.42 Å². The third-order valence-corrected chi connectivity index (χ3v) is 5.11. The molecule has 0 bridgehead atoms. The number of benzene rings is 1. The van der Waals surface area contributed by atoms with Crippen molar-refractivity contribution in [2.24, 2.45) is 0 Å². The average molecular weight is 308 g/mol. The molecule has 0 atom stereocenters. The second kappa shape index (κ2) is 5.07. The van der Waals surface area contributed by atoms with Gasteiger partial charge in [-0.05, 0) is 31.0 Å². The first-order valence-corrected chi connectivity index (χ1v) is 7.71. The molecule has 0 radical (unpaired) electrons. The maximum Gasteiger partial charge on any atom is 0.264 e. The molecule has 0 heterocycles. The molecular formula is C11H11Cl2NO3S. The maximum absolute atomic E-state index is 11.8. The van der Waals surface area contributed by atoms with E-state index in [0.29, 0.717) is 12.8 Å². The first-order chi connectivity index (χ1) is 8.38. The molecule has 1 aliphatic rings. The van der Waals surface area contributed by atoms with Crippen LogP contribution in [0, 0.1) is 0 Å². The molecule has 1 saturated carbocycles. The van der Waals surface area contributed by atoms with Gasteiger partial charge < -0.3 is 0 Å². The molecule has 1 aromatic rings. The molecule has 0 saturated heterocycles. The van der Waals surface area contributed by atoms with E-state index >= 15 is 0 Å². The van der Waals surface area contributed by atoms with E-state index in [9.17, 15) is 13.2 Å². The smallest absolute Gasteiger partial charge is 0.264 e. The minimum atomic E-state index is -3.58. The Morgan fingerprint density at radius 2 is 1.72 bits per heavy atom. The molecule has 0 aromatic heterocycles. The van der Waals surface area contributed by atoms with Gasteiger partial charge in [-0.2, -0.15) is 0 Å². The minimum absolute atomic E-state index is 0.135. The van der Waals surface area contributed by atoms with Crippen LogP contribution >= 0.6 is 23.2 Å². The number of rotatable bonds is 3. The van der Waals surface area contributed by atoms with Gasteiger partial charge in [-0.15, -0.1) is 0 Å². The van der Waals surface area contributed by atoms with Crippen LogP contribution in [0.15, 0.2) is 18.2 Å². The van der Waals surface area contributed by atoms with Gasteiger partial charge in [0.15, 0.2) is 0 Å². The van der Waals surface area contributed by atoms with Gasteiger partial charge in [-0.1, -0.05) is 29.6 Å². The Morgan fingerprint density at radius 3 is 2.17 bits per heavy atom. The summed E-state index contributed by atoms with van der Waals surface area (Å²) in [7, 11) is -3.58. The molecule has 7 heteroatoms. The van der Waals surface area contributed by atoms with Crippen molar-refractivity contribution in [2.75, 3.05) is 0 Å². The molecule has 2 rings (SSSR count). The zero-order valence-electron chi connectivity index (χ0n) is 9.32. The fourth-order valence-electron chi connectivity index (χ4n) is 1.64. The van der Waals surface area contributed by atoms with E-state index in [1.807, 2.05) is 4.72 Å². The van der Waals surface area contributed by atoms with Gasteiger partial charge in [0.25, 0.3) is 5.91 Å². The summed E-state index contributed by atoms with van der Waals surface area (Å²) in [5.41, 5.74) is 0.135. The molecule has 0 unspecified atom stereocenters. The maximum atomic E-state index is 11.8. The van der Waals surface area contributed by atoms with Gasteiger partial charge in [0.05, 0.1) is 5.25 Å². The third kappa shape index (κ3) is 2.96. The zero-order chi connectivity index (χ0) is 13.3. The van der Waals surface area contributed by atoms with Crippen LogP contribution in [-0.2, 0) is 10.0 Å². The molecule has 1 N–H and O–H groups in total. The lowest BCUT2D eigenvalue weighted by Crippen LogP contribution is -2.41. The summed E-state index contributed by atoms with van der Waals surface area (Å²) in [6.45, 7) is 0. The Bertz CT molecular complexity index is 562. The van der Waals surface area contributed by atoms with Crippen molar-refractivity contribution in [1.82, 2.24) is 4.72 Å². The van der Waals surface area contributed by atoms with E-state index in [2.05, 4.69) is 0 Å². The number of sulfonamides is 1. The summed E-state index contributed by atoms with van der Waals surface area (Å²) >= 11 is 11.5. The van der Waals surface area contributed by atoms with E-state index in [-0.39, 0.29) is 15.6 Å². The van der Waals surface area contributed by atoms with Crippen LogP contribution < -0.4 is 4.72 Å². The summed E-state index contributed by atoms with van der Waals surface area (Å²) in [5, 5.41) is 0.110. The molecule has 1 aliphatic carbocycles. The Balaban J connectivity index is 2.16.